The monoisotopic (exact) mass is 249 g/mol. The van der Waals surface area contributed by atoms with E-state index in [1.54, 1.807) is 17.0 Å². The zero-order valence-corrected chi connectivity index (χ0v) is 10.7. The summed E-state index contributed by atoms with van der Waals surface area (Å²) in [4.78, 5) is 18.3. The number of β-amino-alcohol motifs (C(OH)–C–C–N with tert-alkyl or cyclic N) is 1. The standard InChI is InChI=1S/C13H19N3O2/c1-2-5-13(18)8-15(9-13)11-12(17)16(7-6-14-11)10-3-4-10/h6-7,10,18H,2-5,8-9H2,1H3. The fourth-order valence-corrected chi connectivity index (χ4v) is 2.71. The fourth-order valence-electron chi connectivity index (χ4n) is 2.71. The first-order chi connectivity index (χ1) is 8.63. The normalized spacial score (nSPS) is 21.8. The van der Waals surface area contributed by atoms with E-state index in [-0.39, 0.29) is 5.56 Å². The molecule has 1 aliphatic heterocycles. The van der Waals surface area contributed by atoms with Crippen LogP contribution in [-0.2, 0) is 0 Å². The van der Waals surface area contributed by atoms with Gasteiger partial charge in [0.05, 0.1) is 18.7 Å². The van der Waals surface area contributed by atoms with Crippen molar-refractivity contribution in [3.8, 4) is 0 Å². The minimum absolute atomic E-state index is 0.0152. The van der Waals surface area contributed by atoms with Crippen LogP contribution in [0.1, 0.15) is 38.6 Å². The lowest BCUT2D eigenvalue weighted by atomic mass is 9.89. The third-order valence-electron chi connectivity index (χ3n) is 3.78. The Labute approximate surface area is 106 Å². The highest BCUT2D eigenvalue weighted by molar-refractivity contribution is 5.42. The number of aliphatic hydroxyl groups is 1. The Morgan fingerprint density at radius 1 is 1.50 bits per heavy atom. The van der Waals surface area contributed by atoms with E-state index in [9.17, 15) is 9.90 Å². The molecule has 98 valence electrons. The minimum atomic E-state index is -0.622. The van der Waals surface area contributed by atoms with Crippen LogP contribution in [0.4, 0.5) is 5.82 Å². The van der Waals surface area contributed by atoms with Crippen molar-refractivity contribution in [2.45, 2.75) is 44.2 Å². The molecule has 0 aromatic carbocycles. The molecule has 0 atom stereocenters. The van der Waals surface area contributed by atoms with Crippen LogP contribution in [0, 0.1) is 0 Å². The highest BCUT2D eigenvalue weighted by atomic mass is 16.3. The molecule has 0 bridgehead atoms. The molecule has 1 aliphatic carbocycles. The van der Waals surface area contributed by atoms with Gasteiger partial charge >= 0.3 is 0 Å². The molecule has 1 saturated carbocycles. The topological polar surface area (TPSA) is 58.4 Å². The van der Waals surface area contributed by atoms with Crippen LogP contribution in [-0.4, -0.2) is 33.3 Å². The van der Waals surface area contributed by atoms with E-state index in [0.717, 1.165) is 25.7 Å². The van der Waals surface area contributed by atoms with Gasteiger partial charge in [-0.1, -0.05) is 13.3 Å². The van der Waals surface area contributed by atoms with Crippen molar-refractivity contribution in [3.05, 3.63) is 22.7 Å². The second-order valence-corrected chi connectivity index (χ2v) is 5.52. The largest absolute Gasteiger partial charge is 0.386 e. The van der Waals surface area contributed by atoms with Gasteiger partial charge in [-0.25, -0.2) is 4.98 Å². The number of aromatic nitrogens is 2. The Hall–Kier alpha value is -1.36. The Morgan fingerprint density at radius 3 is 2.83 bits per heavy atom. The Balaban J connectivity index is 1.78. The summed E-state index contributed by atoms with van der Waals surface area (Å²) in [5, 5.41) is 10.1. The Morgan fingerprint density at radius 2 is 2.22 bits per heavy atom. The summed E-state index contributed by atoms with van der Waals surface area (Å²) in [5.41, 5.74) is -0.637. The molecule has 1 saturated heterocycles. The maximum atomic E-state index is 12.2. The maximum absolute atomic E-state index is 12.2. The Bertz CT molecular complexity index is 501. The lowest BCUT2D eigenvalue weighted by Gasteiger charge is -2.46. The molecular formula is C13H19N3O2. The smallest absolute Gasteiger partial charge is 0.293 e. The molecule has 3 rings (SSSR count). The molecule has 0 spiro atoms. The van der Waals surface area contributed by atoms with Crippen LogP contribution >= 0.6 is 0 Å². The van der Waals surface area contributed by atoms with Crippen LogP contribution in [0.3, 0.4) is 0 Å². The van der Waals surface area contributed by atoms with Crippen molar-refractivity contribution in [1.82, 2.24) is 9.55 Å². The van der Waals surface area contributed by atoms with Gasteiger partial charge in [0.1, 0.15) is 0 Å². The molecule has 0 unspecified atom stereocenters. The zero-order valence-electron chi connectivity index (χ0n) is 10.7. The minimum Gasteiger partial charge on any atom is -0.386 e. The first-order valence-electron chi connectivity index (χ1n) is 6.67. The van der Waals surface area contributed by atoms with E-state index in [1.807, 2.05) is 4.90 Å². The summed E-state index contributed by atoms with van der Waals surface area (Å²) in [6.07, 6.45) is 7.37. The van der Waals surface area contributed by atoms with Crippen molar-refractivity contribution in [1.29, 1.82) is 0 Å². The number of hydrogen-bond donors (Lipinski definition) is 1. The maximum Gasteiger partial charge on any atom is 0.293 e. The van der Waals surface area contributed by atoms with E-state index >= 15 is 0 Å². The molecule has 0 amide bonds. The molecule has 1 aromatic heterocycles. The van der Waals surface area contributed by atoms with Gasteiger partial charge in [0.2, 0.25) is 0 Å². The molecule has 5 heteroatoms. The molecule has 2 fully saturated rings. The predicted octanol–water partition coefficient (Wildman–Crippen LogP) is 0.929. The average molecular weight is 249 g/mol. The van der Waals surface area contributed by atoms with Gasteiger partial charge in [-0.3, -0.25) is 4.79 Å². The van der Waals surface area contributed by atoms with Gasteiger partial charge < -0.3 is 14.6 Å². The third kappa shape index (κ3) is 1.92. The van der Waals surface area contributed by atoms with Crippen LogP contribution in [0.25, 0.3) is 0 Å². The van der Waals surface area contributed by atoms with E-state index in [4.69, 9.17) is 0 Å². The molecular weight excluding hydrogens is 230 g/mol. The van der Waals surface area contributed by atoms with Crippen molar-refractivity contribution >= 4 is 5.82 Å². The number of nitrogens with zero attached hydrogens (tertiary/aromatic N) is 3. The SMILES string of the molecule is CCCC1(O)CN(c2nccn(C3CC3)c2=O)C1. The van der Waals surface area contributed by atoms with Crippen molar-refractivity contribution in [2.24, 2.45) is 0 Å². The number of hydrogen-bond acceptors (Lipinski definition) is 4. The first kappa shape index (κ1) is 11.7. The van der Waals surface area contributed by atoms with E-state index in [2.05, 4.69) is 11.9 Å². The molecule has 2 heterocycles. The van der Waals surface area contributed by atoms with E-state index in [0.29, 0.717) is 24.9 Å². The van der Waals surface area contributed by atoms with Gasteiger partial charge in [-0.05, 0) is 19.3 Å². The molecule has 0 radical (unpaired) electrons. The van der Waals surface area contributed by atoms with Crippen LogP contribution in [0.5, 0.6) is 0 Å². The predicted molar refractivity (Wildman–Crippen MR) is 68.8 cm³/mol. The summed E-state index contributed by atoms with van der Waals surface area (Å²) in [6.45, 7) is 3.11. The zero-order chi connectivity index (χ0) is 12.8. The second-order valence-electron chi connectivity index (χ2n) is 5.52. The molecule has 2 aliphatic rings. The van der Waals surface area contributed by atoms with Gasteiger partial charge in [0, 0.05) is 18.4 Å². The van der Waals surface area contributed by atoms with Crippen molar-refractivity contribution in [3.63, 3.8) is 0 Å². The van der Waals surface area contributed by atoms with Crippen LogP contribution < -0.4 is 10.5 Å². The van der Waals surface area contributed by atoms with E-state index in [1.165, 1.54) is 0 Å². The van der Waals surface area contributed by atoms with Gasteiger partial charge in [0.15, 0.2) is 5.82 Å². The van der Waals surface area contributed by atoms with Crippen LogP contribution in [0.15, 0.2) is 17.2 Å². The summed E-state index contributed by atoms with van der Waals surface area (Å²) in [6, 6.07) is 0.370. The van der Waals surface area contributed by atoms with Gasteiger partial charge in [-0.15, -0.1) is 0 Å². The third-order valence-corrected chi connectivity index (χ3v) is 3.78. The van der Waals surface area contributed by atoms with E-state index < -0.39 is 5.60 Å². The summed E-state index contributed by atoms with van der Waals surface area (Å²) in [7, 11) is 0. The number of anilines is 1. The lowest BCUT2D eigenvalue weighted by Crippen LogP contribution is -2.63. The number of rotatable bonds is 4. The van der Waals surface area contributed by atoms with Crippen LogP contribution in [0.2, 0.25) is 0 Å². The highest BCUT2D eigenvalue weighted by Gasteiger charge is 2.42. The summed E-state index contributed by atoms with van der Waals surface area (Å²) in [5.74, 6) is 0.491. The summed E-state index contributed by atoms with van der Waals surface area (Å²) < 4.78 is 1.78. The molecule has 5 nitrogen and oxygen atoms in total. The quantitative estimate of drug-likeness (QED) is 0.862. The highest BCUT2D eigenvalue weighted by Crippen LogP contribution is 2.34. The van der Waals surface area contributed by atoms with Crippen molar-refractivity contribution in [2.75, 3.05) is 18.0 Å². The molecule has 1 N–H and O–H groups in total. The lowest BCUT2D eigenvalue weighted by molar-refractivity contribution is 0.00274. The van der Waals surface area contributed by atoms with Gasteiger partial charge in [-0.2, -0.15) is 0 Å². The average Bonchev–Trinajstić information content (AvgIpc) is 3.10. The molecule has 1 aromatic rings. The summed E-state index contributed by atoms with van der Waals surface area (Å²) >= 11 is 0. The Kier molecular flexibility index (Phi) is 2.66. The fraction of sp³-hybridized carbons (Fsp3) is 0.692. The first-order valence-corrected chi connectivity index (χ1v) is 6.67. The second kappa shape index (κ2) is 4.09. The molecule has 18 heavy (non-hydrogen) atoms. The van der Waals surface area contributed by atoms with Gasteiger partial charge in [0.25, 0.3) is 5.56 Å². The van der Waals surface area contributed by atoms with Crippen molar-refractivity contribution < 1.29 is 5.11 Å².